The summed E-state index contributed by atoms with van der Waals surface area (Å²) in [4.78, 5) is 46.4. The van der Waals surface area contributed by atoms with E-state index in [1.165, 1.54) is 21.6 Å². The quantitative estimate of drug-likeness (QED) is 0.351. The fourth-order valence-electron chi connectivity index (χ4n) is 1.95. The van der Waals surface area contributed by atoms with Gasteiger partial charge in [0, 0.05) is 11.5 Å². The lowest BCUT2D eigenvalue weighted by Crippen LogP contribution is -2.61. The third kappa shape index (κ3) is 4.07. The van der Waals surface area contributed by atoms with Crippen LogP contribution >= 0.6 is 21.6 Å². The van der Waals surface area contributed by atoms with Crippen LogP contribution in [0.25, 0.3) is 0 Å². The highest BCUT2D eigenvalue weighted by molar-refractivity contribution is 8.76. The first-order valence-corrected chi connectivity index (χ1v) is 9.33. The Hall–Kier alpha value is -1.42. The lowest BCUT2D eigenvalue weighted by molar-refractivity contribution is -0.135. The van der Waals surface area contributed by atoms with Crippen LogP contribution in [0, 0.1) is 0 Å². The topological polar surface area (TPSA) is 116 Å². The summed E-state index contributed by atoms with van der Waals surface area (Å²) in [7, 11) is 2.75. The van der Waals surface area contributed by atoms with Gasteiger partial charge in [-0.2, -0.15) is 0 Å². The molecule has 0 bridgehead atoms. The van der Waals surface area contributed by atoms with E-state index >= 15 is 0 Å². The standard InChI is InChI=1S/C12H18N4O4S2/c1-5-9(17)15-7(11(19)13-5)3-21-22-4-8-12(20)14-6(2)10(18)16-8/h5-8H,3-4H2,1-2H3,(H,13,19)(H,14,20)(H,15,17)(H,16,18). The number of carbonyl (C=O) groups excluding carboxylic acids is 4. The molecule has 4 unspecified atom stereocenters. The van der Waals surface area contributed by atoms with Gasteiger partial charge in [-0.05, 0) is 13.8 Å². The third-order valence-corrected chi connectivity index (χ3v) is 5.74. The van der Waals surface area contributed by atoms with Crippen LogP contribution in [0.3, 0.4) is 0 Å². The first-order chi connectivity index (χ1) is 10.4. The summed E-state index contributed by atoms with van der Waals surface area (Å²) in [6, 6.07) is -2.17. The van der Waals surface area contributed by atoms with Crippen LogP contribution in [0.5, 0.6) is 0 Å². The SMILES string of the molecule is CC1NC(=O)C(CSSCC2NC(=O)C(C)NC2=O)NC1=O. The number of piperazine rings is 2. The Morgan fingerprint density at radius 2 is 1.05 bits per heavy atom. The van der Waals surface area contributed by atoms with Crippen LogP contribution < -0.4 is 21.3 Å². The third-order valence-electron chi connectivity index (χ3n) is 3.32. The van der Waals surface area contributed by atoms with Crippen molar-refractivity contribution in [2.45, 2.75) is 38.0 Å². The molecule has 2 rings (SSSR count). The molecule has 4 atom stereocenters. The molecule has 2 aliphatic heterocycles. The van der Waals surface area contributed by atoms with Crippen LogP contribution in [0.4, 0.5) is 0 Å². The van der Waals surface area contributed by atoms with Gasteiger partial charge >= 0.3 is 0 Å². The van der Waals surface area contributed by atoms with Crippen molar-refractivity contribution >= 4 is 45.2 Å². The zero-order chi connectivity index (χ0) is 16.3. The van der Waals surface area contributed by atoms with Crippen molar-refractivity contribution in [3.05, 3.63) is 0 Å². The van der Waals surface area contributed by atoms with E-state index in [1.807, 2.05) is 0 Å². The Morgan fingerprint density at radius 1 is 0.682 bits per heavy atom. The minimum absolute atomic E-state index is 0.205. The molecule has 0 saturated carbocycles. The van der Waals surface area contributed by atoms with E-state index in [0.29, 0.717) is 11.5 Å². The maximum absolute atomic E-state index is 11.7. The van der Waals surface area contributed by atoms with Gasteiger partial charge in [0.15, 0.2) is 0 Å². The molecule has 4 N–H and O–H groups in total. The average Bonchev–Trinajstić information content (AvgIpc) is 2.45. The van der Waals surface area contributed by atoms with Crippen molar-refractivity contribution in [1.29, 1.82) is 0 Å². The van der Waals surface area contributed by atoms with Crippen molar-refractivity contribution < 1.29 is 19.2 Å². The van der Waals surface area contributed by atoms with Gasteiger partial charge in [-0.3, -0.25) is 19.2 Å². The molecule has 2 saturated heterocycles. The molecule has 0 aromatic carbocycles. The molecule has 0 aromatic heterocycles. The summed E-state index contributed by atoms with van der Waals surface area (Å²) >= 11 is 0. The molecule has 0 spiro atoms. The molecule has 0 aliphatic carbocycles. The summed E-state index contributed by atoms with van der Waals surface area (Å²) in [6.07, 6.45) is 0. The Morgan fingerprint density at radius 3 is 1.41 bits per heavy atom. The lowest BCUT2D eigenvalue weighted by Gasteiger charge is -2.28. The van der Waals surface area contributed by atoms with Crippen LogP contribution in [0.1, 0.15) is 13.8 Å². The van der Waals surface area contributed by atoms with Gasteiger partial charge in [0.05, 0.1) is 0 Å². The predicted octanol–water partition coefficient (Wildman–Crippen LogP) is -1.63. The molecule has 2 fully saturated rings. The Bertz CT molecular complexity index is 458. The molecule has 122 valence electrons. The van der Waals surface area contributed by atoms with E-state index in [2.05, 4.69) is 21.3 Å². The fraction of sp³-hybridized carbons (Fsp3) is 0.667. The van der Waals surface area contributed by atoms with Crippen molar-refractivity contribution in [3.8, 4) is 0 Å². The maximum atomic E-state index is 11.7. The normalized spacial score (nSPS) is 31.9. The minimum atomic E-state index is -0.573. The fourth-order valence-corrected chi connectivity index (χ4v) is 4.28. The van der Waals surface area contributed by atoms with Crippen molar-refractivity contribution in [3.63, 3.8) is 0 Å². The molecule has 22 heavy (non-hydrogen) atoms. The van der Waals surface area contributed by atoms with Crippen LogP contribution in [0.15, 0.2) is 0 Å². The second-order valence-corrected chi connectivity index (χ2v) is 7.70. The van der Waals surface area contributed by atoms with Crippen molar-refractivity contribution in [1.82, 2.24) is 21.3 Å². The molecule has 10 heteroatoms. The molecular weight excluding hydrogens is 328 g/mol. The van der Waals surface area contributed by atoms with Gasteiger partial charge in [0.1, 0.15) is 24.2 Å². The van der Waals surface area contributed by atoms with Crippen LogP contribution in [0.2, 0.25) is 0 Å². The molecule has 0 radical (unpaired) electrons. The second kappa shape index (κ2) is 7.23. The monoisotopic (exact) mass is 346 g/mol. The zero-order valence-corrected chi connectivity index (χ0v) is 13.8. The number of amides is 4. The number of carbonyl (C=O) groups is 4. The summed E-state index contributed by atoms with van der Waals surface area (Å²) in [5.41, 5.74) is 0. The molecule has 4 amide bonds. The Kier molecular flexibility index (Phi) is 5.57. The van der Waals surface area contributed by atoms with Crippen LogP contribution in [-0.2, 0) is 19.2 Å². The van der Waals surface area contributed by atoms with E-state index in [-0.39, 0.29) is 23.6 Å². The largest absolute Gasteiger partial charge is 0.343 e. The highest BCUT2D eigenvalue weighted by Gasteiger charge is 2.32. The van der Waals surface area contributed by atoms with E-state index in [1.54, 1.807) is 13.8 Å². The first-order valence-electron chi connectivity index (χ1n) is 6.84. The van der Waals surface area contributed by atoms with Gasteiger partial charge < -0.3 is 21.3 Å². The molecule has 8 nitrogen and oxygen atoms in total. The van der Waals surface area contributed by atoms with Gasteiger partial charge in [0.2, 0.25) is 23.6 Å². The Labute approximate surface area is 135 Å². The minimum Gasteiger partial charge on any atom is -0.343 e. The van der Waals surface area contributed by atoms with E-state index in [9.17, 15) is 19.2 Å². The highest BCUT2D eigenvalue weighted by Crippen LogP contribution is 2.24. The number of rotatable bonds is 5. The van der Waals surface area contributed by atoms with E-state index in [4.69, 9.17) is 0 Å². The van der Waals surface area contributed by atoms with Crippen LogP contribution in [-0.4, -0.2) is 59.3 Å². The summed E-state index contributed by atoms with van der Waals surface area (Å²) < 4.78 is 0. The molecule has 2 heterocycles. The highest BCUT2D eigenvalue weighted by atomic mass is 33.1. The maximum Gasteiger partial charge on any atom is 0.244 e. The van der Waals surface area contributed by atoms with E-state index < -0.39 is 24.2 Å². The second-order valence-electron chi connectivity index (χ2n) is 5.15. The number of hydrogen-bond donors (Lipinski definition) is 4. The van der Waals surface area contributed by atoms with Gasteiger partial charge in [-0.1, -0.05) is 21.6 Å². The molecule has 2 aliphatic rings. The van der Waals surface area contributed by atoms with Crippen molar-refractivity contribution in [2.75, 3.05) is 11.5 Å². The van der Waals surface area contributed by atoms with Crippen molar-refractivity contribution in [2.24, 2.45) is 0 Å². The Balaban J connectivity index is 1.71. The van der Waals surface area contributed by atoms with Gasteiger partial charge in [0.25, 0.3) is 0 Å². The summed E-state index contributed by atoms with van der Waals surface area (Å²) in [5, 5.41) is 10.5. The molecular formula is C12H18N4O4S2. The smallest absolute Gasteiger partial charge is 0.244 e. The van der Waals surface area contributed by atoms with Gasteiger partial charge in [-0.25, -0.2) is 0 Å². The number of hydrogen-bond acceptors (Lipinski definition) is 6. The summed E-state index contributed by atoms with van der Waals surface area (Å²) in [5.74, 6) is -0.0388. The average molecular weight is 346 g/mol. The lowest BCUT2D eigenvalue weighted by atomic mass is 10.2. The predicted molar refractivity (Wildman–Crippen MR) is 84.0 cm³/mol. The van der Waals surface area contributed by atoms with Gasteiger partial charge in [-0.15, -0.1) is 0 Å². The first kappa shape index (κ1) is 16.9. The zero-order valence-electron chi connectivity index (χ0n) is 12.2. The van der Waals surface area contributed by atoms with E-state index in [0.717, 1.165) is 0 Å². The number of nitrogens with one attached hydrogen (secondary N) is 4. The summed E-state index contributed by atoms with van der Waals surface area (Å²) in [6.45, 7) is 3.24. The molecule has 0 aromatic rings.